The summed E-state index contributed by atoms with van der Waals surface area (Å²) in [5, 5.41) is 6.57. The molecule has 1 aromatic carbocycles. The van der Waals surface area contributed by atoms with Gasteiger partial charge in [0.1, 0.15) is 11.9 Å². The molecule has 1 aliphatic heterocycles. The van der Waals surface area contributed by atoms with E-state index in [2.05, 4.69) is 27.8 Å². The summed E-state index contributed by atoms with van der Waals surface area (Å²) in [6.07, 6.45) is 3.64. The van der Waals surface area contributed by atoms with Gasteiger partial charge < -0.3 is 15.4 Å². The Labute approximate surface area is 154 Å². The van der Waals surface area contributed by atoms with Crippen molar-refractivity contribution in [2.24, 2.45) is 5.92 Å². The van der Waals surface area contributed by atoms with E-state index < -0.39 is 0 Å². The van der Waals surface area contributed by atoms with Crippen LogP contribution in [0.4, 0.5) is 0 Å². The average molecular weight is 351 g/mol. The molecule has 2 atom stereocenters. The summed E-state index contributed by atoms with van der Waals surface area (Å²) >= 11 is 0. The molecule has 5 nitrogen and oxygen atoms in total. The van der Waals surface area contributed by atoms with E-state index in [9.17, 15) is 4.79 Å². The number of aryl methyl sites for hydroxylation is 1. The van der Waals surface area contributed by atoms with Crippen molar-refractivity contribution in [3.63, 3.8) is 0 Å². The topological polar surface area (TPSA) is 63.2 Å². The van der Waals surface area contributed by atoms with Gasteiger partial charge in [-0.3, -0.25) is 9.78 Å². The molecule has 2 aliphatic rings. The Morgan fingerprint density at radius 1 is 1.15 bits per heavy atom. The number of hydrogen-bond acceptors (Lipinski definition) is 4. The van der Waals surface area contributed by atoms with Crippen LogP contribution < -0.4 is 15.4 Å². The van der Waals surface area contributed by atoms with Crippen molar-refractivity contribution >= 4 is 5.91 Å². The van der Waals surface area contributed by atoms with E-state index in [1.165, 1.54) is 5.56 Å². The zero-order valence-corrected chi connectivity index (χ0v) is 15.0. The summed E-state index contributed by atoms with van der Waals surface area (Å²) in [6.45, 7) is 3.56. The molecule has 1 saturated heterocycles. The van der Waals surface area contributed by atoms with E-state index in [4.69, 9.17) is 4.74 Å². The lowest BCUT2D eigenvalue weighted by molar-refractivity contribution is -0.126. The number of rotatable bonds is 5. The quantitative estimate of drug-likeness (QED) is 0.868. The third-order valence-electron chi connectivity index (χ3n) is 5.41. The standard InChI is InChI=1S/C21H25N3O2/c1-14-7-8-17(11-23-14)26-18-9-16(10-18)24-21(25)20-13-22-12-19(20)15-5-3-2-4-6-15/h2-8,11,16,18-20,22H,9-10,12-13H2,1H3,(H,24,25)/t16-,18-,19-,20+/m1/s1. The number of amides is 1. The molecule has 5 heteroatoms. The number of nitrogens with one attached hydrogen (secondary N) is 2. The van der Waals surface area contributed by atoms with Crippen LogP contribution in [0, 0.1) is 12.8 Å². The number of benzene rings is 1. The van der Waals surface area contributed by atoms with Crippen molar-refractivity contribution in [1.29, 1.82) is 0 Å². The molecule has 1 aliphatic carbocycles. The summed E-state index contributed by atoms with van der Waals surface area (Å²) in [4.78, 5) is 17.0. The largest absolute Gasteiger partial charge is 0.489 e. The van der Waals surface area contributed by atoms with E-state index in [0.29, 0.717) is 0 Å². The van der Waals surface area contributed by atoms with Crippen molar-refractivity contribution in [2.45, 2.75) is 37.8 Å². The molecule has 2 fully saturated rings. The normalized spacial score (nSPS) is 27.6. The van der Waals surface area contributed by atoms with Gasteiger partial charge in [-0.15, -0.1) is 0 Å². The van der Waals surface area contributed by atoms with Gasteiger partial charge in [0.2, 0.25) is 5.91 Å². The fraction of sp³-hybridized carbons (Fsp3) is 0.429. The Hall–Kier alpha value is -2.40. The second-order valence-corrected chi connectivity index (χ2v) is 7.33. The second-order valence-electron chi connectivity index (χ2n) is 7.33. The highest BCUT2D eigenvalue weighted by Crippen LogP contribution is 2.30. The van der Waals surface area contributed by atoms with E-state index in [1.54, 1.807) is 6.20 Å². The molecule has 136 valence electrons. The van der Waals surface area contributed by atoms with Crippen LogP contribution in [0.1, 0.15) is 30.0 Å². The molecule has 26 heavy (non-hydrogen) atoms. The maximum atomic E-state index is 12.7. The molecular weight excluding hydrogens is 326 g/mol. The van der Waals surface area contributed by atoms with Crippen LogP contribution in [0.15, 0.2) is 48.7 Å². The minimum Gasteiger partial charge on any atom is -0.489 e. The first kappa shape index (κ1) is 17.0. The molecule has 2 aromatic rings. The first-order valence-corrected chi connectivity index (χ1v) is 9.34. The van der Waals surface area contributed by atoms with Gasteiger partial charge in [-0.2, -0.15) is 0 Å². The van der Waals surface area contributed by atoms with Crippen LogP contribution >= 0.6 is 0 Å². The lowest BCUT2D eigenvalue weighted by Gasteiger charge is -2.36. The Balaban J connectivity index is 1.27. The molecule has 0 radical (unpaired) electrons. The number of carbonyl (C=O) groups is 1. The highest BCUT2D eigenvalue weighted by molar-refractivity contribution is 5.81. The number of aromatic nitrogens is 1. The summed E-state index contributed by atoms with van der Waals surface area (Å²) in [5.41, 5.74) is 2.22. The van der Waals surface area contributed by atoms with Crippen molar-refractivity contribution in [2.75, 3.05) is 13.1 Å². The van der Waals surface area contributed by atoms with E-state index >= 15 is 0 Å². The van der Waals surface area contributed by atoms with Crippen molar-refractivity contribution in [3.8, 4) is 5.75 Å². The zero-order chi connectivity index (χ0) is 17.9. The fourth-order valence-electron chi connectivity index (χ4n) is 3.81. The molecule has 0 spiro atoms. The van der Waals surface area contributed by atoms with Gasteiger partial charge in [0.25, 0.3) is 0 Å². The maximum Gasteiger partial charge on any atom is 0.225 e. The minimum atomic E-state index is -0.00123. The molecule has 1 saturated carbocycles. The summed E-state index contributed by atoms with van der Waals surface area (Å²) in [6, 6.07) is 14.4. The van der Waals surface area contributed by atoms with E-state index in [0.717, 1.165) is 37.4 Å². The molecular formula is C21H25N3O2. The van der Waals surface area contributed by atoms with Crippen LogP contribution in [0.25, 0.3) is 0 Å². The molecule has 1 aromatic heterocycles. The van der Waals surface area contributed by atoms with Crippen molar-refractivity contribution in [3.05, 3.63) is 59.9 Å². The van der Waals surface area contributed by atoms with Gasteiger partial charge in [0, 0.05) is 43.6 Å². The summed E-state index contributed by atoms with van der Waals surface area (Å²) in [7, 11) is 0. The van der Waals surface area contributed by atoms with Gasteiger partial charge in [-0.25, -0.2) is 0 Å². The first-order valence-electron chi connectivity index (χ1n) is 9.34. The Morgan fingerprint density at radius 3 is 2.69 bits per heavy atom. The van der Waals surface area contributed by atoms with E-state index in [1.807, 2.05) is 37.3 Å². The Bertz CT molecular complexity index is 742. The molecule has 1 amide bonds. The van der Waals surface area contributed by atoms with Crippen LogP contribution in [0.2, 0.25) is 0 Å². The third kappa shape index (κ3) is 3.73. The third-order valence-corrected chi connectivity index (χ3v) is 5.41. The predicted molar refractivity (Wildman–Crippen MR) is 100 cm³/mol. The average Bonchev–Trinajstić information content (AvgIpc) is 3.12. The Kier molecular flexibility index (Phi) is 4.89. The fourth-order valence-corrected chi connectivity index (χ4v) is 3.81. The van der Waals surface area contributed by atoms with Crippen molar-refractivity contribution < 1.29 is 9.53 Å². The smallest absolute Gasteiger partial charge is 0.225 e. The lowest BCUT2D eigenvalue weighted by atomic mass is 9.85. The lowest BCUT2D eigenvalue weighted by Crippen LogP contribution is -2.51. The second kappa shape index (κ2) is 7.46. The zero-order valence-electron chi connectivity index (χ0n) is 15.0. The monoisotopic (exact) mass is 351 g/mol. The van der Waals surface area contributed by atoms with E-state index in [-0.39, 0.29) is 29.9 Å². The number of carbonyl (C=O) groups excluding carboxylic acids is 1. The number of hydrogen-bond donors (Lipinski definition) is 2. The predicted octanol–water partition coefficient (Wildman–Crippen LogP) is 2.42. The number of ether oxygens (including phenoxy) is 1. The first-order chi connectivity index (χ1) is 12.7. The molecule has 0 unspecified atom stereocenters. The molecule has 2 N–H and O–H groups in total. The van der Waals surface area contributed by atoms with Crippen molar-refractivity contribution in [1.82, 2.24) is 15.6 Å². The van der Waals surface area contributed by atoms with Crippen LogP contribution in [0.3, 0.4) is 0 Å². The van der Waals surface area contributed by atoms with Gasteiger partial charge in [-0.05, 0) is 24.6 Å². The summed E-state index contributed by atoms with van der Waals surface area (Å²) in [5.74, 6) is 1.21. The highest BCUT2D eigenvalue weighted by Gasteiger charge is 2.38. The van der Waals surface area contributed by atoms with Gasteiger partial charge in [-0.1, -0.05) is 30.3 Å². The van der Waals surface area contributed by atoms with Crippen LogP contribution in [0.5, 0.6) is 5.75 Å². The molecule has 2 heterocycles. The number of nitrogens with zero attached hydrogens (tertiary/aromatic N) is 1. The Morgan fingerprint density at radius 2 is 1.96 bits per heavy atom. The molecule has 0 bridgehead atoms. The maximum absolute atomic E-state index is 12.7. The van der Waals surface area contributed by atoms with Gasteiger partial charge >= 0.3 is 0 Å². The molecule has 4 rings (SSSR count). The van der Waals surface area contributed by atoms with Gasteiger partial charge in [0.05, 0.1) is 12.1 Å². The highest BCUT2D eigenvalue weighted by atomic mass is 16.5. The summed E-state index contributed by atoms with van der Waals surface area (Å²) < 4.78 is 5.91. The van der Waals surface area contributed by atoms with Gasteiger partial charge in [0.15, 0.2) is 0 Å². The SMILES string of the molecule is Cc1ccc(O[C@H]2C[C@H](NC(=O)[C@H]3CNC[C@@H]3c3ccccc3)C2)cn1. The minimum absolute atomic E-state index is 0.00123. The van der Waals surface area contributed by atoms with Crippen LogP contribution in [-0.2, 0) is 4.79 Å². The van der Waals surface area contributed by atoms with Crippen LogP contribution in [-0.4, -0.2) is 36.1 Å². The number of pyridine rings is 1.